The number of nitrogens with one attached hydrogen (secondary N) is 1. The minimum atomic E-state index is -3.81. The van der Waals surface area contributed by atoms with E-state index in [1.54, 1.807) is 6.92 Å². The van der Waals surface area contributed by atoms with Crippen LogP contribution in [0.3, 0.4) is 0 Å². The third-order valence-electron chi connectivity index (χ3n) is 3.27. The molecule has 4 nitrogen and oxygen atoms in total. The van der Waals surface area contributed by atoms with Crippen molar-refractivity contribution in [3.05, 3.63) is 59.4 Å². The van der Waals surface area contributed by atoms with Gasteiger partial charge in [-0.25, -0.2) is 17.5 Å². The van der Waals surface area contributed by atoms with E-state index in [-0.39, 0.29) is 10.6 Å². The quantitative estimate of drug-likeness (QED) is 0.853. The molecule has 112 valence electrons. The van der Waals surface area contributed by atoms with Gasteiger partial charge in [-0.15, -0.1) is 0 Å². The van der Waals surface area contributed by atoms with Crippen LogP contribution in [0.2, 0.25) is 0 Å². The monoisotopic (exact) mass is 308 g/mol. The molecule has 2 aromatic rings. The zero-order valence-electron chi connectivity index (χ0n) is 11.8. The summed E-state index contributed by atoms with van der Waals surface area (Å²) in [5, 5.41) is 0. The van der Waals surface area contributed by atoms with Crippen molar-refractivity contribution >= 4 is 15.7 Å². The van der Waals surface area contributed by atoms with Gasteiger partial charge in [0, 0.05) is 6.04 Å². The van der Waals surface area contributed by atoms with E-state index >= 15 is 0 Å². The SMILES string of the molecule is Cc1ccccc1C(C)NS(=O)(=O)c1ccc(N)c(F)c1. The number of rotatable bonds is 4. The molecule has 0 aliphatic rings. The summed E-state index contributed by atoms with van der Waals surface area (Å²) < 4.78 is 40.5. The topological polar surface area (TPSA) is 72.2 Å². The van der Waals surface area contributed by atoms with E-state index in [1.165, 1.54) is 12.1 Å². The van der Waals surface area contributed by atoms with Crippen LogP contribution in [-0.2, 0) is 10.0 Å². The highest BCUT2D eigenvalue weighted by Gasteiger charge is 2.20. The molecule has 0 fully saturated rings. The molecule has 21 heavy (non-hydrogen) atoms. The summed E-state index contributed by atoms with van der Waals surface area (Å²) in [6, 6.07) is 10.5. The van der Waals surface area contributed by atoms with Gasteiger partial charge in [0.05, 0.1) is 10.6 Å². The van der Waals surface area contributed by atoms with Crippen LogP contribution in [0.5, 0.6) is 0 Å². The third-order valence-corrected chi connectivity index (χ3v) is 4.81. The molecule has 6 heteroatoms. The van der Waals surface area contributed by atoms with E-state index < -0.39 is 21.9 Å². The van der Waals surface area contributed by atoms with Crippen LogP contribution < -0.4 is 10.5 Å². The number of aryl methyl sites for hydroxylation is 1. The first-order valence-corrected chi connectivity index (χ1v) is 7.92. The molecule has 1 unspecified atom stereocenters. The zero-order valence-corrected chi connectivity index (χ0v) is 12.6. The predicted molar refractivity (Wildman–Crippen MR) is 80.7 cm³/mol. The standard InChI is InChI=1S/C15H17FN2O2S/c1-10-5-3-4-6-13(10)11(2)18-21(19,20)12-7-8-15(17)14(16)9-12/h3-9,11,18H,17H2,1-2H3. The second-order valence-electron chi connectivity index (χ2n) is 4.88. The number of nitrogen functional groups attached to an aromatic ring is 1. The van der Waals surface area contributed by atoms with E-state index in [0.29, 0.717) is 0 Å². The normalized spacial score (nSPS) is 13.1. The van der Waals surface area contributed by atoms with Crippen molar-refractivity contribution in [3.63, 3.8) is 0 Å². The van der Waals surface area contributed by atoms with E-state index in [4.69, 9.17) is 5.73 Å². The highest BCUT2D eigenvalue weighted by atomic mass is 32.2. The molecule has 0 aliphatic carbocycles. The lowest BCUT2D eigenvalue weighted by Gasteiger charge is -2.17. The maximum absolute atomic E-state index is 13.4. The van der Waals surface area contributed by atoms with Crippen LogP contribution in [0, 0.1) is 12.7 Å². The lowest BCUT2D eigenvalue weighted by molar-refractivity contribution is 0.564. The van der Waals surface area contributed by atoms with Gasteiger partial charge in [0.1, 0.15) is 5.82 Å². The van der Waals surface area contributed by atoms with Crippen LogP contribution >= 0.6 is 0 Å². The minimum Gasteiger partial charge on any atom is -0.396 e. The first-order chi connectivity index (χ1) is 9.81. The molecule has 0 radical (unpaired) electrons. The smallest absolute Gasteiger partial charge is 0.241 e. The van der Waals surface area contributed by atoms with E-state index in [0.717, 1.165) is 17.2 Å². The van der Waals surface area contributed by atoms with Gasteiger partial charge in [0.2, 0.25) is 10.0 Å². The Morgan fingerprint density at radius 1 is 1.19 bits per heavy atom. The number of anilines is 1. The summed E-state index contributed by atoms with van der Waals surface area (Å²) in [5.41, 5.74) is 7.13. The Labute approximate surface area is 123 Å². The lowest BCUT2D eigenvalue weighted by Crippen LogP contribution is -2.27. The van der Waals surface area contributed by atoms with Gasteiger partial charge >= 0.3 is 0 Å². The number of benzene rings is 2. The van der Waals surface area contributed by atoms with Crippen LogP contribution in [-0.4, -0.2) is 8.42 Å². The Morgan fingerprint density at radius 3 is 2.48 bits per heavy atom. The van der Waals surface area contributed by atoms with Crippen molar-refractivity contribution < 1.29 is 12.8 Å². The summed E-state index contributed by atoms with van der Waals surface area (Å²) in [7, 11) is -3.81. The van der Waals surface area contributed by atoms with Crippen molar-refractivity contribution in [2.75, 3.05) is 5.73 Å². The average molecular weight is 308 g/mol. The summed E-state index contributed by atoms with van der Waals surface area (Å²) in [6.07, 6.45) is 0. The molecule has 0 spiro atoms. The van der Waals surface area contributed by atoms with Gasteiger partial charge in [-0.3, -0.25) is 0 Å². The Kier molecular flexibility index (Phi) is 4.29. The fourth-order valence-corrected chi connectivity index (χ4v) is 3.35. The van der Waals surface area contributed by atoms with Crippen molar-refractivity contribution in [2.45, 2.75) is 24.8 Å². The van der Waals surface area contributed by atoms with Gasteiger partial charge < -0.3 is 5.73 Å². The Balaban J connectivity index is 2.29. The Morgan fingerprint density at radius 2 is 1.86 bits per heavy atom. The van der Waals surface area contributed by atoms with Crippen molar-refractivity contribution in [1.29, 1.82) is 0 Å². The maximum Gasteiger partial charge on any atom is 0.241 e. The first kappa shape index (κ1) is 15.5. The fraction of sp³-hybridized carbons (Fsp3) is 0.200. The number of hydrogen-bond donors (Lipinski definition) is 2. The zero-order chi connectivity index (χ0) is 15.6. The largest absolute Gasteiger partial charge is 0.396 e. The summed E-state index contributed by atoms with van der Waals surface area (Å²) in [6.45, 7) is 3.65. The molecule has 0 amide bonds. The Bertz CT molecular complexity index is 760. The molecule has 0 saturated carbocycles. The molecule has 3 N–H and O–H groups in total. The fourth-order valence-electron chi connectivity index (χ4n) is 2.11. The first-order valence-electron chi connectivity index (χ1n) is 6.44. The maximum atomic E-state index is 13.4. The van der Waals surface area contributed by atoms with Crippen LogP contribution in [0.4, 0.5) is 10.1 Å². The second-order valence-corrected chi connectivity index (χ2v) is 6.60. The number of halogens is 1. The molecule has 2 aromatic carbocycles. The number of nitrogens with two attached hydrogens (primary N) is 1. The summed E-state index contributed by atoms with van der Waals surface area (Å²) in [5.74, 6) is -0.749. The van der Waals surface area contributed by atoms with E-state index in [2.05, 4.69) is 4.72 Å². The Hall–Kier alpha value is -1.92. The van der Waals surface area contributed by atoms with Crippen LogP contribution in [0.15, 0.2) is 47.4 Å². The lowest BCUT2D eigenvalue weighted by atomic mass is 10.0. The van der Waals surface area contributed by atoms with Gasteiger partial charge in [-0.05, 0) is 43.2 Å². The molecule has 0 bridgehead atoms. The molecule has 0 aromatic heterocycles. The number of sulfonamides is 1. The van der Waals surface area contributed by atoms with Crippen LogP contribution in [0.25, 0.3) is 0 Å². The van der Waals surface area contributed by atoms with Crippen molar-refractivity contribution in [2.24, 2.45) is 0 Å². The average Bonchev–Trinajstić information content (AvgIpc) is 2.41. The molecular formula is C15H17FN2O2S. The molecule has 2 rings (SSSR count). The number of hydrogen-bond acceptors (Lipinski definition) is 3. The second kappa shape index (κ2) is 5.83. The molecule has 0 saturated heterocycles. The van der Waals surface area contributed by atoms with Crippen LogP contribution in [0.1, 0.15) is 24.1 Å². The third kappa shape index (κ3) is 3.40. The van der Waals surface area contributed by atoms with Gasteiger partial charge in [0.25, 0.3) is 0 Å². The van der Waals surface area contributed by atoms with Gasteiger partial charge in [0.15, 0.2) is 0 Å². The van der Waals surface area contributed by atoms with Crippen molar-refractivity contribution in [1.82, 2.24) is 4.72 Å². The van der Waals surface area contributed by atoms with E-state index in [9.17, 15) is 12.8 Å². The van der Waals surface area contributed by atoms with Crippen molar-refractivity contribution in [3.8, 4) is 0 Å². The van der Waals surface area contributed by atoms with E-state index in [1.807, 2.05) is 31.2 Å². The summed E-state index contributed by atoms with van der Waals surface area (Å²) in [4.78, 5) is -0.144. The molecule has 0 heterocycles. The highest BCUT2D eigenvalue weighted by Crippen LogP contribution is 2.21. The minimum absolute atomic E-state index is 0.0825. The highest BCUT2D eigenvalue weighted by molar-refractivity contribution is 7.89. The summed E-state index contributed by atoms with van der Waals surface area (Å²) >= 11 is 0. The van der Waals surface area contributed by atoms with Gasteiger partial charge in [-0.1, -0.05) is 24.3 Å². The molecule has 0 aliphatic heterocycles. The van der Waals surface area contributed by atoms with Gasteiger partial charge in [-0.2, -0.15) is 0 Å². The molecule has 1 atom stereocenters. The predicted octanol–water partition coefficient (Wildman–Crippen LogP) is 2.76. The molecular weight excluding hydrogens is 291 g/mol.